The lowest BCUT2D eigenvalue weighted by molar-refractivity contribution is -0.116. The zero-order valence-electron chi connectivity index (χ0n) is 15.8. The van der Waals surface area contributed by atoms with Crippen molar-refractivity contribution in [1.29, 1.82) is 0 Å². The van der Waals surface area contributed by atoms with Gasteiger partial charge in [-0.2, -0.15) is 4.31 Å². The standard InChI is InChI=1S/C19H22F2N2O4S/c1-4-23(12-19(24)22-17-8-6-14(20)11-16(17)21)28(25,26)15-7-9-18(27-5-2)13(3)10-15/h6-11H,4-5,12H2,1-3H3,(H,22,24). The molecule has 2 aromatic rings. The second kappa shape index (κ2) is 9.11. The summed E-state index contributed by atoms with van der Waals surface area (Å²) in [5.41, 5.74) is 0.425. The van der Waals surface area contributed by atoms with E-state index in [2.05, 4.69) is 5.32 Å². The average Bonchev–Trinajstić information content (AvgIpc) is 2.63. The summed E-state index contributed by atoms with van der Waals surface area (Å²) in [7, 11) is -3.95. The number of carbonyl (C=O) groups excluding carboxylic acids is 1. The van der Waals surface area contributed by atoms with E-state index in [0.29, 0.717) is 24.0 Å². The molecule has 0 saturated carbocycles. The molecule has 0 aliphatic heterocycles. The molecule has 1 N–H and O–H groups in total. The van der Waals surface area contributed by atoms with E-state index in [0.717, 1.165) is 16.4 Å². The van der Waals surface area contributed by atoms with Crippen LogP contribution in [0.1, 0.15) is 19.4 Å². The molecule has 0 unspecified atom stereocenters. The van der Waals surface area contributed by atoms with Crippen molar-refractivity contribution in [3.05, 3.63) is 53.6 Å². The predicted octanol–water partition coefficient (Wildman–Crippen LogP) is 3.32. The highest BCUT2D eigenvalue weighted by atomic mass is 32.2. The number of benzene rings is 2. The fourth-order valence-electron chi connectivity index (χ4n) is 2.56. The van der Waals surface area contributed by atoms with E-state index in [4.69, 9.17) is 4.74 Å². The summed E-state index contributed by atoms with van der Waals surface area (Å²) in [5.74, 6) is -1.88. The van der Waals surface area contributed by atoms with Crippen molar-refractivity contribution in [1.82, 2.24) is 4.31 Å². The number of aryl methyl sites for hydroxylation is 1. The Morgan fingerprint density at radius 1 is 1.14 bits per heavy atom. The molecule has 0 heterocycles. The molecular formula is C19H22F2N2O4S. The molecule has 2 rings (SSSR count). The maximum absolute atomic E-state index is 13.7. The summed E-state index contributed by atoms with van der Waals surface area (Å²) in [6.07, 6.45) is 0. The number of nitrogens with zero attached hydrogens (tertiary/aromatic N) is 1. The van der Waals surface area contributed by atoms with Crippen LogP contribution < -0.4 is 10.1 Å². The Balaban J connectivity index is 2.18. The molecule has 6 nitrogen and oxygen atoms in total. The molecule has 0 bridgehead atoms. The summed E-state index contributed by atoms with van der Waals surface area (Å²) in [6.45, 7) is 5.12. The van der Waals surface area contributed by atoms with Gasteiger partial charge in [0, 0.05) is 12.6 Å². The van der Waals surface area contributed by atoms with Gasteiger partial charge in [0.25, 0.3) is 0 Å². The molecule has 0 saturated heterocycles. The lowest BCUT2D eigenvalue weighted by Gasteiger charge is -2.21. The average molecular weight is 412 g/mol. The SMILES string of the molecule is CCOc1ccc(S(=O)(=O)N(CC)CC(=O)Nc2ccc(F)cc2F)cc1C. The summed E-state index contributed by atoms with van der Waals surface area (Å²) < 4.78 is 58.7. The van der Waals surface area contributed by atoms with Crippen molar-refractivity contribution < 1.29 is 26.7 Å². The van der Waals surface area contributed by atoms with Crippen LogP contribution in [-0.2, 0) is 14.8 Å². The quantitative estimate of drug-likeness (QED) is 0.722. The zero-order chi connectivity index (χ0) is 20.9. The van der Waals surface area contributed by atoms with Gasteiger partial charge in [0.1, 0.15) is 17.4 Å². The smallest absolute Gasteiger partial charge is 0.243 e. The second-order valence-electron chi connectivity index (χ2n) is 5.96. The molecule has 152 valence electrons. The Bertz CT molecular complexity index is 964. The van der Waals surface area contributed by atoms with Gasteiger partial charge in [-0.3, -0.25) is 4.79 Å². The number of amides is 1. The molecule has 9 heteroatoms. The Morgan fingerprint density at radius 3 is 2.43 bits per heavy atom. The molecule has 0 aliphatic carbocycles. The summed E-state index contributed by atoms with van der Waals surface area (Å²) in [4.78, 5) is 12.2. The first-order valence-electron chi connectivity index (χ1n) is 8.67. The number of likely N-dealkylation sites (N-methyl/N-ethyl adjacent to an activating group) is 1. The number of halogens is 2. The highest BCUT2D eigenvalue weighted by Gasteiger charge is 2.26. The van der Waals surface area contributed by atoms with Gasteiger partial charge in [0.2, 0.25) is 15.9 Å². The Kier molecular flexibility index (Phi) is 7.09. The highest BCUT2D eigenvalue weighted by molar-refractivity contribution is 7.89. The Labute approximate surface area is 163 Å². The van der Waals surface area contributed by atoms with Crippen LogP contribution in [0.3, 0.4) is 0 Å². The van der Waals surface area contributed by atoms with Gasteiger partial charge in [-0.15, -0.1) is 0 Å². The van der Waals surface area contributed by atoms with Crippen LogP contribution in [0.15, 0.2) is 41.3 Å². The van der Waals surface area contributed by atoms with Crippen LogP contribution in [0.25, 0.3) is 0 Å². The van der Waals surface area contributed by atoms with E-state index in [9.17, 15) is 22.0 Å². The van der Waals surface area contributed by atoms with Crippen molar-refractivity contribution >= 4 is 21.6 Å². The van der Waals surface area contributed by atoms with E-state index in [1.165, 1.54) is 12.1 Å². The maximum Gasteiger partial charge on any atom is 0.243 e. The van der Waals surface area contributed by atoms with Crippen molar-refractivity contribution in [2.75, 3.05) is 25.0 Å². The number of carbonyl (C=O) groups is 1. The molecule has 0 radical (unpaired) electrons. The topological polar surface area (TPSA) is 75.7 Å². The second-order valence-corrected chi connectivity index (χ2v) is 7.90. The molecule has 0 fully saturated rings. The van der Waals surface area contributed by atoms with Crippen molar-refractivity contribution in [3.63, 3.8) is 0 Å². The van der Waals surface area contributed by atoms with E-state index in [1.54, 1.807) is 19.9 Å². The number of anilines is 1. The first-order chi connectivity index (χ1) is 13.2. The third-order valence-corrected chi connectivity index (χ3v) is 5.88. The van der Waals surface area contributed by atoms with Crippen LogP contribution in [0.4, 0.5) is 14.5 Å². The van der Waals surface area contributed by atoms with E-state index in [1.807, 2.05) is 6.92 Å². The fraction of sp³-hybridized carbons (Fsp3) is 0.316. The van der Waals surface area contributed by atoms with Crippen LogP contribution in [-0.4, -0.2) is 38.3 Å². The van der Waals surface area contributed by atoms with Gasteiger partial charge in [0.05, 0.1) is 23.7 Å². The molecule has 0 aromatic heterocycles. The minimum atomic E-state index is -3.95. The zero-order valence-corrected chi connectivity index (χ0v) is 16.6. The lowest BCUT2D eigenvalue weighted by Crippen LogP contribution is -2.38. The largest absolute Gasteiger partial charge is 0.494 e. The molecule has 0 atom stereocenters. The fourth-order valence-corrected chi connectivity index (χ4v) is 4.05. The minimum absolute atomic E-state index is 0.0241. The molecule has 28 heavy (non-hydrogen) atoms. The summed E-state index contributed by atoms with van der Waals surface area (Å²) in [5, 5.41) is 2.26. The third kappa shape index (κ3) is 5.05. The van der Waals surface area contributed by atoms with Crippen LogP contribution >= 0.6 is 0 Å². The van der Waals surface area contributed by atoms with E-state index < -0.39 is 34.1 Å². The van der Waals surface area contributed by atoms with Crippen LogP contribution in [0.2, 0.25) is 0 Å². The van der Waals surface area contributed by atoms with Crippen LogP contribution in [0, 0.1) is 18.6 Å². The van der Waals surface area contributed by atoms with Crippen molar-refractivity contribution in [2.45, 2.75) is 25.7 Å². The number of sulfonamides is 1. The Morgan fingerprint density at radius 2 is 1.86 bits per heavy atom. The molecule has 2 aromatic carbocycles. The number of hydrogen-bond donors (Lipinski definition) is 1. The van der Waals surface area contributed by atoms with Gasteiger partial charge in [-0.05, 0) is 49.7 Å². The highest BCUT2D eigenvalue weighted by Crippen LogP contribution is 2.24. The summed E-state index contributed by atoms with van der Waals surface area (Å²) >= 11 is 0. The van der Waals surface area contributed by atoms with Gasteiger partial charge in [-0.25, -0.2) is 17.2 Å². The minimum Gasteiger partial charge on any atom is -0.494 e. The van der Waals surface area contributed by atoms with Gasteiger partial charge < -0.3 is 10.1 Å². The molecule has 1 amide bonds. The number of ether oxygens (including phenoxy) is 1. The molecule has 0 spiro atoms. The summed E-state index contributed by atoms with van der Waals surface area (Å²) in [6, 6.07) is 7.15. The third-order valence-electron chi connectivity index (χ3n) is 3.96. The van der Waals surface area contributed by atoms with Gasteiger partial charge in [0.15, 0.2) is 0 Å². The Hall–Kier alpha value is -2.52. The van der Waals surface area contributed by atoms with Crippen LogP contribution in [0.5, 0.6) is 5.75 Å². The predicted molar refractivity (Wildman–Crippen MR) is 102 cm³/mol. The molecule has 0 aliphatic rings. The van der Waals surface area contributed by atoms with Gasteiger partial charge in [-0.1, -0.05) is 6.92 Å². The first kappa shape index (κ1) is 21.8. The van der Waals surface area contributed by atoms with Crippen molar-refractivity contribution in [2.24, 2.45) is 0 Å². The lowest BCUT2D eigenvalue weighted by atomic mass is 10.2. The number of rotatable bonds is 8. The monoisotopic (exact) mass is 412 g/mol. The first-order valence-corrected chi connectivity index (χ1v) is 10.1. The van der Waals surface area contributed by atoms with Crippen molar-refractivity contribution in [3.8, 4) is 5.75 Å². The maximum atomic E-state index is 13.7. The number of hydrogen-bond acceptors (Lipinski definition) is 4. The molecular weight excluding hydrogens is 390 g/mol. The van der Waals surface area contributed by atoms with E-state index in [-0.39, 0.29) is 17.1 Å². The van der Waals surface area contributed by atoms with E-state index >= 15 is 0 Å². The van der Waals surface area contributed by atoms with Gasteiger partial charge >= 0.3 is 0 Å². The normalized spacial score (nSPS) is 11.5. The number of nitrogens with one attached hydrogen (secondary N) is 1.